The first-order chi connectivity index (χ1) is 12.3. The van der Waals surface area contributed by atoms with E-state index in [0.29, 0.717) is 5.56 Å². The number of amides is 1. The van der Waals surface area contributed by atoms with Crippen LogP contribution in [-0.2, 0) is 6.42 Å². The van der Waals surface area contributed by atoms with Gasteiger partial charge < -0.3 is 15.3 Å². The molecule has 1 aliphatic carbocycles. The molecule has 3 N–H and O–H groups in total. The van der Waals surface area contributed by atoms with Gasteiger partial charge in [-0.1, -0.05) is 24.3 Å². The maximum absolute atomic E-state index is 12.8. The van der Waals surface area contributed by atoms with Crippen LogP contribution in [0, 0.1) is 0 Å². The molecule has 25 heavy (non-hydrogen) atoms. The van der Waals surface area contributed by atoms with Crippen LogP contribution in [0.2, 0.25) is 0 Å². The molecule has 0 bridgehead atoms. The van der Waals surface area contributed by atoms with Gasteiger partial charge in [-0.2, -0.15) is 0 Å². The van der Waals surface area contributed by atoms with Crippen molar-refractivity contribution in [2.24, 2.45) is 0 Å². The number of aryl methyl sites for hydroxylation is 1. The number of fused-ring (bicyclic) bond motifs is 4. The highest BCUT2D eigenvalue weighted by atomic mass is 16.1. The predicted octanol–water partition coefficient (Wildman–Crippen LogP) is 4.46. The van der Waals surface area contributed by atoms with E-state index in [1.54, 1.807) is 0 Å². The summed E-state index contributed by atoms with van der Waals surface area (Å²) in [6.07, 6.45) is 5.02. The Labute approximate surface area is 145 Å². The second kappa shape index (κ2) is 5.52. The number of carbonyl (C=O) groups is 1. The lowest BCUT2D eigenvalue weighted by Crippen LogP contribution is -2.31. The fourth-order valence-electron chi connectivity index (χ4n) is 3.99. The fourth-order valence-corrected chi connectivity index (χ4v) is 3.99. The zero-order chi connectivity index (χ0) is 16.8. The largest absolute Gasteiger partial charge is 0.361 e. The maximum atomic E-state index is 12.8. The van der Waals surface area contributed by atoms with Gasteiger partial charge in [-0.15, -0.1) is 0 Å². The van der Waals surface area contributed by atoms with E-state index in [9.17, 15) is 4.79 Å². The molecule has 4 nitrogen and oxygen atoms in total. The molecule has 5 rings (SSSR count). The van der Waals surface area contributed by atoms with Gasteiger partial charge in [0.05, 0.1) is 6.04 Å². The maximum Gasteiger partial charge on any atom is 0.251 e. The summed E-state index contributed by atoms with van der Waals surface area (Å²) < 4.78 is 0. The lowest BCUT2D eigenvalue weighted by atomic mass is 9.91. The molecule has 124 valence electrons. The van der Waals surface area contributed by atoms with E-state index in [2.05, 4.69) is 33.5 Å². The van der Waals surface area contributed by atoms with Gasteiger partial charge in [0.15, 0.2) is 0 Å². The van der Waals surface area contributed by atoms with Crippen LogP contribution < -0.4 is 5.32 Å². The van der Waals surface area contributed by atoms with Gasteiger partial charge in [0, 0.05) is 33.9 Å². The molecule has 2 aromatic heterocycles. The average molecular weight is 329 g/mol. The molecular weight excluding hydrogens is 310 g/mol. The van der Waals surface area contributed by atoms with Crippen molar-refractivity contribution in [3.05, 3.63) is 71.5 Å². The van der Waals surface area contributed by atoms with E-state index in [1.165, 1.54) is 16.6 Å². The van der Waals surface area contributed by atoms with Crippen LogP contribution in [-0.4, -0.2) is 15.9 Å². The van der Waals surface area contributed by atoms with E-state index < -0.39 is 0 Å². The number of H-pyrrole nitrogens is 2. The first-order valence-corrected chi connectivity index (χ1v) is 8.77. The quantitative estimate of drug-likeness (QED) is 0.500. The van der Waals surface area contributed by atoms with Crippen LogP contribution in [0.5, 0.6) is 0 Å². The molecule has 0 saturated heterocycles. The summed E-state index contributed by atoms with van der Waals surface area (Å²) in [7, 11) is 0. The summed E-state index contributed by atoms with van der Waals surface area (Å²) in [5.74, 6) is -0.0204. The van der Waals surface area contributed by atoms with E-state index in [1.807, 2.05) is 36.5 Å². The molecule has 4 heteroatoms. The number of aromatic nitrogens is 2. The van der Waals surface area contributed by atoms with Crippen LogP contribution in [0.3, 0.4) is 0 Å². The highest BCUT2D eigenvalue weighted by Gasteiger charge is 2.25. The molecule has 0 saturated carbocycles. The van der Waals surface area contributed by atoms with Gasteiger partial charge >= 0.3 is 0 Å². The molecule has 1 amide bonds. The first-order valence-electron chi connectivity index (χ1n) is 8.77. The van der Waals surface area contributed by atoms with E-state index in [-0.39, 0.29) is 11.9 Å². The molecule has 0 aliphatic heterocycles. The van der Waals surface area contributed by atoms with E-state index >= 15 is 0 Å². The number of hydrogen-bond donors (Lipinski definition) is 3. The number of benzene rings is 2. The van der Waals surface area contributed by atoms with Crippen LogP contribution >= 0.6 is 0 Å². The number of carbonyl (C=O) groups excluding carboxylic acids is 1. The minimum absolute atomic E-state index is 0.0204. The third kappa shape index (κ3) is 2.33. The SMILES string of the molecule is O=C(N[C@@H]1CCCc2c1[nH]c1ccccc21)c1ccc2cc[nH]c2c1. The fraction of sp³-hybridized carbons (Fsp3) is 0.190. The molecule has 1 aliphatic rings. The Hall–Kier alpha value is -3.01. The molecule has 4 aromatic rings. The third-order valence-electron chi connectivity index (χ3n) is 5.24. The van der Waals surface area contributed by atoms with Crippen LogP contribution in [0.15, 0.2) is 54.7 Å². The summed E-state index contributed by atoms with van der Waals surface area (Å²) in [4.78, 5) is 19.5. The van der Waals surface area contributed by atoms with Gasteiger partial charge in [0.2, 0.25) is 0 Å². The molecule has 0 radical (unpaired) electrons. The molecule has 2 heterocycles. The molecule has 0 spiro atoms. The molecule has 2 aromatic carbocycles. The van der Waals surface area contributed by atoms with Crippen molar-refractivity contribution in [3.63, 3.8) is 0 Å². The topological polar surface area (TPSA) is 60.7 Å². The average Bonchev–Trinajstić information content (AvgIpc) is 3.26. The number of hydrogen-bond acceptors (Lipinski definition) is 1. The molecule has 1 atom stereocenters. The second-order valence-corrected chi connectivity index (χ2v) is 6.76. The van der Waals surface area contributed by atoms with E-state index in [0.717, 1.165) is 35.7 Å². The Morgan fingerprint density at radius 3 is 2.96 bits per heavy atom. The van der Waals surface area contributed by atoms with Crippen molar-refractivity contribution < 1.29 is 4.79 Å². The predicted molar refractivity (Wildman–Crippen MR) is 99.7 cm³/mol. The zero-order valence-corrected chi connectivity index (χ0v) is 13.8. The summed E-state index contributed by atoms with van der Waals surface area (Å²) in [5, 5.41) is 5.62. The number of para-hydroxylation sites is 1. The Balaban J connectivity index is 1.47. The lowest BCUT2D eigenvalue weighted by molar-refractivity contribution is 0.0932. The lowest BCUT2D eigenvalue weighted by Gasteiger charge is -2.24. The standard InChI is InChI=1S/C21H19N3O/c25-21(14-9-8-13-10-11-22-19(13)12-14)24-18-7-3-5-16-15-4-1-2-6-17(15)23-20(16)18/h1-2,4,6,8-12,18,22-23H,3,5,7H2,(H,24,25)/t18-/m1/s1. The monoisotopic (exact) mass is 329 g/mol. The Morgan fingerprint density at radius 2 is 2.00 bits per heavy atom. The minimum atomic E-state index is -0.0204. The van der Waals surface area contributed by atoms with E-state index in [4.69, 9.17) is 0 Å². The second-order valence-electron chi connectivity index (χ2n) is 6.76. The Morgan fingerprint density at radius 1 is 1.08 bits per heavy atom. The van der Waals surface area contributed by atoms with Crippen molar-refractivity contribution in [2.45, 2.75) is 25.3 Å². The molecule has 0 unspecified atom stereocenters. The highest BCUT2D eigenvalue weighted by Crippen LogP contribution is 2.34. The van der Waals surface area contributed by atoms with Crippen LogP contribution in [0.25, 0.3) is 21.8 Å². The van der Waals surface area contributed by atoms with Crippen LogP contribution in [0.1, 0.15) is 40.5 Å². The van der Waals surface area contributed by atoms with Crippen molar-refractivity contribution in [1.82, 2.24) is 15.3 Å². The Bertz CT molecular complexity index is 1090. The van der Waals surface area contributed by atoms with Gasteiger partial charge in [0.1, 0.15) is 0 Å². The molecular formula is C21H19N3O. The summed E-state index contributed by atoms with van der Waals surface area (Å²) in [6.45, 7) is 0. The van der Waals surface area contributed by atoms with Gasteiger partial charge in [0.25, 0.3) is 5.91 Å². The van der Waals surface area contributed by atoms with Gasteiger partial charge in [-0.3, -0.25) is 4.79 Å². The number of nitrogens with one attached hydrogen (secondary N) is 3. The summed E-state index contributed by atoms with van der Waals surface area (Å²) in [5.41, 5.74) is 5.36. The Kier molecular flexibility index (Phi) is 3.17. The van der Waals surface area contributed by atoms with Crippen molar-refractivity contribution >= 4 is 27.7 Å². The van der Waals surface area contributed by atoms with Crippen molar-refractivity contribution in [2.75, 3.05) is 0 Å². The first kappa shape index (κ1) is 14.3. The summed E-state index contributed by atoms with van der Waals surface area (Å²) in [6, 6.07) is 16.2. The van der Waals surface area contributed by atoms with Gasteiger partial charge in [-0.05, 0) is 54.5 Å². The number of rotatable bonds is 2. The van der Waals surface area contributed by atoms with Crippen molar-refractivity contribution in [3.8, 4) is 0 Å². The smallest absolute Gasteiger partial charge is 0.251 e. The normalized spacial score (nSPS) is 16.9. The number of aromatic amines is 2. The minimum Gasteiger partial charge on any atom is -0.361 e. The summed E-state index contributed by atoms with van der Waals surface area (Å²) >= 11 is 0. The van der Waals surface area contributed by atoms with Crippen LogP contribution in [0.4, 0.5) is 0 Å². The molecule has 0 fully saturated rings. The van der Waals surface area contributed by atoms with Crippen molar-refractivity contribution in [1.29, 1.82) is 0 Å². The van der Waals surface area contributed by atoms with Gasteiger partial charge in [-0.25, -0.2) is 0 Å². The third-order valence-corrected chi connectivity index (χ3v) is 5.24. The zero-order valence-electron chi connectivity index (χ0n) is 13.8. The highest BCUT2D eigenvalue weighted by molar-refractivity contribution is 5.98.